The molecule has 140 valence electrons. The van der Waals surface area contributed by atoms with Gasteiger partial charge >= 0.3 is 0 Å². The zero-order chi connectivity index (χ0) is 18.7. The molecule has 1 fully saturated rings. The molecule has 2 atom stereocenters. The minimum absolute atomic E-state index is 0.00206. The molecular weight excluding hydrogens is 377 g/mol. The van der Waals surface area contributed by atoms with Crippen LogP contribution in [0.25, 0.3) is 0 Å². The topological polar surface area (TPSA) is 71.0 Å². The van der Waals surface area contributed by atoms with Gasteiger partial charge in [0.25, 0.3) is 5.91 Å². The Bertz CT molecular complexity index is 738. The lowest BCUT2D eigenvalue weighted by Crippen LogP contribution is -2.48. The van der Waals surface area contributed by atoms with Crippen LogP contribution < -0.4 is 5.32 Å². The number of rotatable bonds is 4. The third-order valence-corrected chi connectivity index (χ3v) is 5.19. The Morgan fingerprint density at radius 1 is 1.38 bits per heavy atom. The summed E-state index contributed by atoms with van der Waals surface area (Å²) < 4.78 is 0. The number of carbonyl (C=O) groups excluding carboxylic acids is 2. The molecule has 0 saturated carbocycles. The highest BCUT2D eigenvalue weighted by Gasteiger charge is 2.36. The Morgan fingerprint density at radius 2 is 2.19 bits per heavy atom. The van der Waals surface area contributed by atoms with Crippen molar-refractivity contribution in [1.29, 1.82) is 0 Å². The lowest BCUT2D eigenvalue weighted by atomic mass is 9.96. The van der Waals surface area contributed by atoms with E-state index in [2.05, 4.69) is 10.5 Å². The van der Waals surface area contributed by atoms with Crippen LogP contribution in [0.2, 0.25) is 10.0 Å². The highest BCUT2D eigenvalue weighted by atomic mass is 35.5. The molecule has 0 bridgehead atoms. The SMILES string of the molecule is CCNC(=O)[C@H]1CCCN(C(=O)[C@H]2CC(c3ccc(Cl)cc3Cl)=NO2)C1. The van der Waals surface area contributed by atoms with Crippen LogP contribution in [0, 0.1) is 5.92 Å². The van der Waals surface area contributed by atoms with E-state index in [1.165, 1.54) is 0 Å². The number of piperidine rings is 1. The fourth-order valence-electron chi connectivity index (χ4n) is 3.31. The van der Waals surface area contributed by atoms with E-state index in [1.54, 1.807) is 23.1 Å². The second-order valence-corrected chi connectivity index (χ2v) is 7.32. The molecule has 2 aliphatic rings. The molecule has 3 rings (SSSR count). The monoisotopic (exact) mass is 397 g/mol. The summed E-state index contributed by atoms with van der Waals surface area (Å²) in [5, 5.41) is 7.88. The first kappa shape index (κ1) is 19.0. The summed E-state index contributed by atoms with van der Waals surface area (Å²) in [5.74, 6) is -0.301. The van der Waals surface area contributed by atoms with Gasteiger partial charge in [-0.25, -0.2) is 0 Å². The van der Waals surface area contributed by atoms with E-state index in [1.807, 2.05) is 6.92 Å². The lowest BCUT2D eigenvalue weighted by molar-refractivity contribution is -0.145. The normalized spacial score (nSPS) is 22.6. The third-order valence-electron chi connectivity index (χ3n) is 4.64. The number of hydrogen-bond acceptors (Lipinski definition) is 4. The maximum atomic E-state index is 12.8. The second kappa shape index (κ2) is 8.27. The average molecular weight is 398 g/mol. The summed E-state index contributed by atoms with van der Waals surface area (Å²) in [6.45, 7) is 3.53. The van der Waals surface area contributed by atoms with Gasteiger partial charge in [0.05, 0.1) is 16.7 Å². The van der Waals surface area contributed by atoms with E-state index >= 15 is 0 Å². The molecule has 1 saturated heterocycles. The number of oxime groups is 1. The molecule has 8 heteroatoms. The fraction of sp³-hybridized carbons (Fsp3) is 0.500. The molecule has 1 aromatic rings. The van der Waals surface area contributed by atoms with Gasteiger partial charge in [-0.1, -0.05) is 34.4 Å². The second-order valence-electron chi connectivity index (χ2n) is 6.48. The summed E-state index contributed by atoms with van der Waals surface area (Å²) >= 11 is 12.1. The number of hydrogen-bond donors (Lipinski definition) is 1. The van der Waals surface area contributed by atoms with Crippen LogP contribution in [-0.2, 0) is 14.4 Å². The first-order valence-corrected chi connectivity index (χ1v) is 9.49. The average Bonchev–Trinajstić information content (AvgIpc) is 3.11. The molecule has 0 unspecified atom stereocenters. The molecular formula is C18H21Cl2N3O3. The van der Waals surface area contributed by atoms with Crippen molar-refractivity contribution in [3.63, 3.8) is 0 Å². The zero-order valence-electron chi connectivity index (χ0n) is 14.5. The largest absolute Gasteiger partial charge is 0.382 e. The van der Waals surface area contributed by atoms with Crippen molar-refractivity contribution >= 4 is 40.7 Å². The molecule has 2 aliphatic heterocycles. The summed E-state index contributed by atoms with van der Waals surface area (Å²) in [5.41, 5.74) is 1.34. The Kier molecular flexibility index (Phi) is 6.04. The van der Waals surface area contributed by atoms with Gasteiger partial charge in [0.2, 0.25) is 12.0 Å². The lowest BCUT2D eigenvalue weighted by Gasteiger charge is -2.33. The molecule has 0 spiro atoms. The number of amides is 2. The van der Waals surface area contributed by atoms with Crippen LogP contribution in [0.15, 0.2) is 23.4 Å². The van der Waals surface area contributed by atoms with Crippen LogP contribution in [0.1, 0.15) is 31.7 Å². The summed E-state index contributed by atoms with van der Waals surface area (Å²) in [6, 6.07) is 5.13. The maximum Gasteiger partial charge on any atom is 0.266 e. The van der Waals surface area contributed by atoms with Crippen molar-refractivity contribution in [2.45, 2.75) is 32.3 Å². The van der Waals surface area contributed by atoms with Gasteiger partial charge in [-0.15, -0.1) is 0 Å². The summed E-state index contributed by atoms with van der Waals surface area (Å²) in [7, 11) is 0. The van der Waals surface area contributed by atoms with E-state index in [9.17, 15) is 9.59 Å². The molecule has 2 heterocycles. The predicted octanol–water partition coefficient (Wildman–Crippen LogP) is 2.86. The van der Waals surface area contributed by atoms with Crippen LogP contribution in [-0.4, -0.2) is 48.2 Å². The van der Waals surface area contributed by atoms with Crippen LogP contribution >= 0.6 is 23.2 Å². The smallest absolute Gasteiger partial charge is 0.266 e. The van der Waals surface area contributed by atoms with E-state index in [4.69, 9.17) is 28.0 Å². The molecule has 0 aromatic heterocycles. The van der Waals surface area contributed by atoms with Crippen LogP contribution in [0.5, 0.6) is 0 Å². The van der Waals surface area contributed by atoms with Gasteiger partial charge in [0.15, 0.2) is 0 Å². The van der Waals surface area contributed by atoms with Gasteiger partial charge in [-0.2, -0.15) is 0 Å². The molecule has 1 N–H and O–H groups in total. The number of nitrogens with one attached hydrogen (secondary N) is 1. The number of benzene rings is 1. The molecule has 6 nitrogen and oxygen atoms in total. The minimum Gasteiger partial charge on any atom is -0.382 e. The quantitative estimate of drug-likeness (QED) is 0.848. The van der Waals surface area contributed by atoms with Gasteiger partial charge < -0.3 is 15.1 Å². The molecule has 0 aliphatic carbocycles. The van der Waals surface area contributed by atoms with Gasteiger partial charge in [-0.3, -0.25) is 9.59 Å². The van der Waals surface area contributed by atoms with Crippen molar-refractivity contribution in [2.24, 2.45) is 11.1 Å². The standard InChI is InChI=1S/C18H21Cl2N3O3/c1-2-21-17(24)11-4-3-7-23(10-11)18(25)16-9-15(22-26-16)13-6-5-12(19)8-14(13)20/h5-6,8,11,16H,2-4,7,9-10H2,1H3,(H,21,24)/t11-,16+/m0/s1. The minimum atomic E-state index is -0.676. The Hall–Kier alpha value is -1.79. The third kappa shape index (κ3) is 4.13. The number of carbonyl (C=O) groups is 2. The number of halogens is 2. The van der Waals surface area contributed by atoms with Gasteiger partial charge in [0.1, 0.15) is 0 Å². The van der Waals surface area contributed by atoms with Crippen LogP contribution in [0.3, 0.4) is 0 Å². The van der Waals surface area contributed by atoms with Gasteiger partial charge in [-0.05, 0) is 31.9 Å². The van der Waals surface area contributed by atoms with Crippen molar-refractivity contribution in [3.8, 4) is 0 Å². The zero-order valence-corrected chi connectivity index (χ0v) is 16.0. The first-order valence-electron chi connectivity index (χ1n) is 8.74. The van der Waals surface area contributed by atoms with Crippen molar-refractivity contribution in [1.82, 2.24) is 10.2 Å². The van der Waals surface area contributed by atoms with Crippen LogP contribution in [0.4, 0.5) is 0 Å². The summed E-state index contributed by atoms with van der Waals surface area (Å²) in [4.78, 5) is 31.9. The fourth-order valence-corrected chi connectivity index (χ4v) is 3.82. The first-order chi connectivity index (χ1) is 12.5. The Labute approximate surface area is 162 Å². The van der Waals surface area contributed by atoms with E-state index in [0.717, 1.165) is 12.8 Å². The maximum absolute atomic E-state index is 12.8. The molecule has 1 aromatic carbocycles. The Morgan fingerprint density at radius 3 is 2.92 bits per heavy atom. The van der Waals surface area contributed by atoms with Crippen molar-refractivity contribution in [2.75, 3.05) is 19.6 Å². The number of nitrogens with zero attached hydrogens (tertiary/aromatic N) is 2. The van der Waals surface area contributed by atoms with E-state index in [0.29, 0.717) is 47.4 Å². The van der Waals surface area contributed by atoms with E-state index < -0.39 is 6.10 Å². The highest BCUT2D eigenvalue weighted by Crippen LogP contribution is 2.27. The van der Waals surface area contributed by atoms with Crippen molar-refractivity contribution in [3.05, 3.63) is 33.8 Å². The molecule has 0 radical (unpaired) electrons. The number of likely N-dealkylation sites (tertiary alicyclic amines) is 1. The highest BCUT2D eigenvalue weighted by molar-refractivity contribution is 6.37. The van der Waals surface area contributed by atoms with E-state index in [-0.39, 0.29) is 17.7 Å². The Balaban J connectivity index is 1.62. The molecule has 26 heavy (non-hydrogen) atoms. The van der Waals surface area contributed by atoms with Gasteiger partial charge in [0, 0.05) is 36.6 Å². The van der Waals surface area contributed by atoms with Crippen molar-refractivity contribution < 1.29 is 14.4 Å². The predicted molar refractivity (Wildman–Crippen MR) is 100 cm³/mol. The molecule has 2 amide bonds. The summed E-state index contributed by atoms with van der Waals surface area (Å²) in [6.07, 6.45) is 1.27.